The Morgan fingerprint density at radius 1 is 1.11 bits per heavy atom. The number of benzene rings is 2. The minimum absolute atomic E-state index is 0.0596. The Morgan fingerprint density at radius 3 is 2.56 bits per heavy atom. The minimum Gasteiger partial charge on any atom is -0.326 e. The number of carbonyl (C=O) groups is 2. The largest absolute Gasteiger partial charge is 0.326 e. The summed E-state index contributed by atoms with van der Waals surface area (Å²) in [6, 6.07) is 13.3. The molecule has 7 heteroatoms. The number of sulfone groups is 1. The topological polar surface area (TPSA) is 83.6 Å². The number of nitrogens with one attached hydrogen (secondary N) is 1. The van der Waals surface area contributed by atoms with Crippen molar-refractivity contribution in [1.82, 2.24) is 4.90 Å². The van der Waals surface area contributed by atoms with Gasteiger partial charge in [0, 0.05) is 25.1 Å². The van der Waals surface area contributed by atoms with Crippen LogP contribution in [0.15, 0.2) is 59.6 Å². The molecule has 2 amide bonds. The van der Waals surface area contributed by atoms with Crippen molar-refractivity contribution in [2.75, 3.05) is 11.6 Å². The van der Waals surface area contributed by atoms with Gasteiger partial charge in [-0.05, 0) is 35.4 Å². The minimum atomic E-state index is -3.36. The Bertz CT molecular complexity index is 1030. The van der Waals surface area contributed by atoms with E-state index in [1.54, 1.807) is 18.3 Å². The zero-order valence-electron chi connectivity index (χ0n) is 15.0. The predicted molar refractivity (Wildman–Crippen MR) is 104 cm³/mol. The molecule has 6 nitrogen and oxygen atoms in total. The molecule has 0 fully saturated rings. The number of hydrogen-bond acceptors (Lipinski definition) is 4. The first-order chi connectivity index (χ1) is 12.8. The third kappa shape index (κ3) is 4.25. The molecule has 140 valence electrons. The lowest BCUT2D eigenvalue weighted by atomic mass is 9.93. The molecule has 1 aliphatic rings. The number of rotatable bonds is 4. The molecule has 2 aromatic carbocycles. The fourth-order valence-electron chi connectivity index (χ4n) is 3.11. The normalized spacial score (nSPS) is 15.9. The first kappa shape index (κ1) is 18.8. The van der Waals surface area contributed by atoms with Crippen LogP contribution in [-0.4, -0.2) is 31.4 Å². The third-order valence-corrected chi connectivity index (χ3v) is 5.50. The average molecular weight is 384 g/mol. The molecule has 1 N–H and O–H groups in total. The summed E-state index contributed by atoms with van der Waals surface area (Å²) in [5.74, 6) is -0.459. The Morgan fingerprint density at radius 2 is 1.85 bits per heavy atom. The Labute approximate surface area is 158 Å². The van der Waals surface area contributed by atoms with Gasteiger partial charge < -0.3 is 10.2 Å². The first-order valence-electron chi connectivity index (χ1n) is 8.42. The van der Waals surface area contributed by atoms with Gasteiger partial charge in [0.1, 0.15) is 0 Å². The fraction of sp³-hybridized carbons (Fsp3) is 0.200. The smallest absolute Gasteiger partial charge is 0.226 e. The van der Waals surface area contributed by atoms with Gasteiger partial charge in [-0.1, -0.05) is 30.3 Å². The molecule has 0 spiro atoms. The first-order valence-corrected chi connectivity index (χ1v) is 10.3. The highest BCUT2D eigenvalue weighted by Crippen LogP contribution is 2.33. The van der Waals surface area contributed by atoms with Gasteiger partial charge in [-0.15, -0.1) is 0 Å². The molecule has 0 saturated heterocycles. The van der Waals surface area contributed by atoms with Crippen LogP contribution in [0.1, 0.15) is 30.5 Å². The fourth-order valence-corrected chi connectivity index (χ4v) is 3.77. The summed E-state index contributed by atoms with van der Waals surface area (Å²) in [4.78, 5) is 26.3. The molecule has 0 saturated carbocycles. The molecule has 0 aliphatic carbocycles. The second-order valence-electron chi connectivity index (χ2n) is 6.44. The molecule has 1 unspecified atom stereocenters. The van der Waals surface area contributed by atoms with Gasteiger partial charge in [-0.25, -0.2) is 8.42 Å². The molecule has 2 aromatic rings. The SMILES string of the molecule is CC(=O)N1C=Cc2ccccc2C1CC(=O)Nc1cccc(S(C)(=O)=O)c1. The maximum absolute atomic E-state index is 12.6. The van der Waals surface area contributed by atoms with E-state index in [0.29, 0.717) is 5.69 Å². The maximum Gasteiger partial charge on any atom is 0.226 e. The monoisotopic (exact) mass is 384 g/mol. The van der Waals surface area contributed by atoms with Crippen LogP contribution >= 0.6 is 0 Å². The van der Waals surface area contributed by atoms with Gasteiger partial charge in [0.05, 0.1) is 17.4 Å². The van der Waals surface area contributed by atoms with E-state index in [0.717, 1.165) is 17.4 Å². The summed E-state index contributed by atoms with van der Waals surface area (Å²) in [5, 5.41) is 2.73. The standard InChI is InChI=1S/C20H20N2O4S/c1-14(23)22-11-10-15-6-3-4-9-18(15)19(22)13-20(24)21-16-7-5-8-17(12-16)27(2,25)26/h3-12,19H,13H2,1-2H3,(H,21,24). The van der Waals surface area contributed by atoms with Crippen molar-refractivity contribution in [3.05, 3.63) is 65.9 Å². The molecular formula is C20H20N2O4S. The molecule has 0 bridgehead atoms. The number of fused-ring (bicyclic) bond motifs is 1. The average Bonchev–Trinajstić information content (AvgIpc) is 2.61. The van der Waals surface area contributed by atoms with E-state index in [9.17, 15) is 18.0 Å². The van der Waals surface area contributed by atoms with Gasteiger partial charge in [0.2, 0.25) is 11.8 Å². The summed E-state index contributed by atoms with van der Waals surface area (Å²) in [6.07, 6.45) is 4.71. The Hall–Kier alpha value is -2.93. The van der Waals surface area contributed by atoms with Gasteiger partial charge in [0.25, 0.3) is 0 Å². The van der Waals surface area contributed by atoms with E-state index in [2.05, 4.69) is 5.32 Å². The molecule has 1 aliphatic heterocycles. The quantitative estimate of drug-likeness (QED) is 0.878. The molecule has 3 rings (SSSR count). The lowest BCUT2D eigenvalue weighted by Gasteiger charge is -2.32. The van der Waals surface area contributed by atoms with Crippen LogP contribution in [0.3, 0.4) is 0 Å². The summed E-state index contributed by atoms with van der Waals surface area (Å²) in [7, 11) is -3.36. The van der Waals surface area contributed by atoms with E-state index in [4.69, 9.17) is 0 Å². The highest BCUT2D eigenvalue weighted by Gasteiger charge is 2.28. The molecule has 0 aromatic heterocycles. The maximum atomic E-state index is 12.6. The number of nitrogens with zero attached hydrogens (tertiary/aromatic N) is 1. The molecular weight excluding hydrogens is 364 g/mol. The van der Waals surface area contributed by atoms with Crippen molar-refractivity contribution in [2.45, 2.75) is 24.3 Å². The lowest BCUT2D eigenvalue weighted by molar-refractivity contribution is -0.129. The molecule has 27 heavy (non-hydrogen) atoms. The summed E-state index contributed by atoms with van der Waals surface area (Å²) < 4.78 is 23.4. The molecule has 0 radical (unpaired) electrons. The van der Waals surface area contributed by atoms with Crippen molar-refractivity contribution >= 4 is 33.4 Å². The summed E-state index contributed by atoms with van der Waals surface area (Å²) >= 11 is 0. The van der Waals surface area contributed by atoms with Crippen molar-refractivity contribution in [2.24, 2.45) is 0 Å². The van der Waals surface area contributed by atoms with Crippen LogP contribution in [0.25, 0.3) is 6.08 Å². The van der Waals surface area contributed by atoms with E-state index in [1.807, 2.05) is 30.3 Å². The lowest BCUT2D eigenvalue weighted by Crippen LogP contribution is -2.33. The van der Waals surface area contributed by atoms with Gasteiger partial charge in [-0.3, -0.25) is 9.59 Å². The zero-order valence-corrected chi connectivity index (χ0v) is 15.9. The Kier molecular flexibility index (Phi) is 5.14. The van der Waals surface area contributed by atoms with E-state index < -0.39 is 15.9 Å². The van der Waals surface area contributed by atoms with E-state index in [-0.39, 0.29) is 23.1 Å². The third-order valence-electron chi connectivity index (χ3n) is 4.39. The van der Waals surface area contributed by atoms with Gasteiger partial charge in [-0.2, -0.15) is 0 Å². The number of anilines is 1. The van der Waals surface area contributed by atoms with Crippen molar-refractivity contribution < 1.29 is 18.0 Å². The van der Waals surface area contributed by atoms with Gasteiger partial charge in [0.15, 0.2) is 9.84 Å². The second-order valence-corrected chi connectivity index (χ2v) is 8.45. The Balaban J connectivity index is 1.82. The number of hydrogen-bond donors (Lipinski definition) is 1. The molecule has 1 atom stereocenters. The highest BCUT2D eigenvalue weighted by atomic mass is 32.2. The summed E-state index contributed by atoms with van der Waals surface area (Å²) in [5.41, 5.74) is 2.26. The van der Waals surface area contributed by atoms with Crippen molar-refractivity contribution in [3.63, 3.8) is 0 Å². The molecule has 1 heterocycles. The highest BCUT2D eigenvalue weighted by molar-refractivity contribution is 7.90. The van der Waals surface area contributed by atoms with Crippen LogP contribution in [-0.2, 0) is 19.4 Å². The van der Waals surface area contributed by atoms with E-state index in [1.165, 1.54) is 24.0 Å². The van der Waals surface area contributed by atoms with Gasteiger partial charge >= 0.3 is 0 Å². The number of amides is 2. The van der Waals surface area contributed by atoms with E-state index >= 15 is 0 Å². The van der Waals surface area contributed by atoms with Crippen LogP contribution < -0.4 is 5.32 Å². The van der Waals surface area contributed by atoms with Crippen LogP contribution in [0.5, 0.6) is 0 Å². The second kappa shape index (κ2) is 7.36. The van der Waals surface area contributed by atoms with Crippen LogP contribution in [0.4, 0.5) is 5.69 Å². The zero-order chi connectivity index (χ0) is 19.6. The van der Waals surface area contributed by atoms with Crippen LogP contribution in [0, 0.1) is 0 Å². The van der Waals surface area contributed by atoms with Crippen LogP contribution in [0.2, 0.25) is 0 Å². The summed E-state index contributed by atoms with van der Waals surface area (Å²) in [6.45, 7) is 1.46. The number of carbonyl (C=O) groups excluding carboxylic acids is 2. The van der Waals surface area contributed by atoms with Crippen molar-refractivity contribution in [1.29, 1.82) is 0 Å². The predicted octanol–water partition coefficient (Wildman–Crippen LogP) is 2.99. The van der Waals surface area contributed by atoms with Crippen molar-refractivity contribution in [3.8, 4) is 0 Å².